The number of amides is 4. The van der Waals surface area contributed by atoms with Gasteiger partial charge in [0, 0.05) is 57.2 Å². The van der Waals surface area contributed by atoms with E-state index in [-0.39, 0.29) is 72.3 Å². The molecule has 4 amide bonds. The number of rotatable bonds is 18. The summed E-state index contributed by atoms with van der Waals surface area (Å²) in [6.07, 6.45) is 1.88. The van der Waals surface area contributed by atoms with E-state index in [0.29, 0.717) is 36.4 Å². The lowest BCUT2D eigenvalue weighted by atomic mass is 9.84. The zero-order chi connectivity index (χ0) is 40.2. The van der Waals surface area contributed by atoms with Crippen molar-refractivity contribution in [2.75, 3.05) is 39.1 Å². The molecule has 0 bridgehead atoms. The van der Waals surface area contributed by atoms with Crippen LogP contribution in [0.3, 0.4) is 0 Å². The fraction of sp³-hybridized carbons (Fsp3) is 0.465. The highest BCUT2D eigenvalue weighted by Gasteiger charge is 2.28. The van der Waals surface area contributed by atoms with Gasteiger partial charge in [0.05, 0.1) is 12.1 Å². The molecule has 0 saturated heterocycles. The predicted molar refractivity (Wildman–Crippen MR) is 210 cm³/mol. The lowest BCUT2D eigenvalue weighted by Crippen LogP contribution is -2.37. The van der Waals surface area contributed by atoms with Gasteiger partial charge in [0.15, 0.2) is 5.78 Å². The molecule has 0 heterocycles. The number of likely N-dealkylation sites (N-methyl/N-ethyl adjacent to an activating group) is 2. The van der Waals surface area contributed by atoms with Crippen molar-refractivity contribution in [2.45, 2.75) is 80.7 Å². The lowest BCUT2D eigenvalue weighted by molar-refractivity contribution is -0.135. The summed E-state index contributed by atoms with van der Waals surface area (Å²) in [5.41, 5.74) is 2.32. The third kappa shape index (κ3) is 14.4. The number of nitrogens with zero attached hydrogens (tertiary/aromatic N) is 2. The number of anilines is 1. The normalized spacial score (nSPS) is 12.0. The monoisotopic (exact) mass is 744 g/mol. The van der Waals surface area contributed by atoms with Crippen molar-refractivity contribution in [1.82, 2.24) is 15.1 Å². The quantitative estimate of drug-likeness (QED) is 0.132. The minimum atomic E-state index is -0.597. The van der Waals surface area contributed by atoms with Gasteiger partial charge in [-0.1, -0.05) is 59.7 Å². The number of carbonyl (C=O) groups is 5. The molecular formula is C43H57FN4O6. The number of ketones is 1. The average molecular weight is 745 g/mol. The molecule has 54 heavy (non-hydrogen) atoms. The Morgan fingerprint density at radius 2 is 1.37 bits per heavy atom. The Morgan fingerprint density at radius 1 is 0.796 bits per heavy atom. The molecule has 0 aromatic heterocycles. The summed E-state index contributed by atoms with van der Waals surface area (Å²) in [5, 5.41) is 5.75. The maximum absolute atomic E-state index is 13.8. The highest BCUT2D eigenvalue weighted by molar-refractivity contribution is 5.95. The van der Waals surface area contributed by atoms with Crippen molar-refractivity contribution in [3.8, 4) is 5.75 Å². The first-order valence-corrected chi connectivity index (χ1v) is 18.4. The summed E-state index contributed by atoms with van der Waals surface area (Å²) in [5.74, 6) is -0.995. The Balaban J connectivity index is 1.37. The van der Waals surface area contributed by atoms with Crippen molar-refractivity contribution in [1.29, 1.82) is 0 Å². The first-order chi connectivity index (χ1) is 25.2. The number of ether oxygens (including phenoxy) is 1. The minimum absolute atomic E-state index is 0.00411. The third-order valence-corrected chi connectivity index (χ3v) is 9.11. The molecule has 0 aliphatic carbocycles. The molecule has 0 saturated carbocycles. The standard InChI is InChI=1S/C43H57FN4O6/c1-29(25-42(3,4)5)40(52)46-34-15-10-31(11-16-34)20-21-47(8)38(50)26-43(6,7)27-39(51)48(9)22-23-54-35-17-13-33(14-18-35)41(53)45-28-32-12-19-37(44)36(24-32)30(2)49/h10-19,24,29H,20-23,25-28H2,1-9H3,(H,45,53)(H,46,52)/t29-/m0/s1. The SMILES string of the molecule is CC(=O)c1cc(CNC(=O)c2ccc(OCCN(C)C(=O)CC(C)(C)CC(=O)N(C)CCc3ccc(NC(=O)[C@@H](C)CC(C)(C)C)cc3)cc2)ccc1F. The average Bonchev–Trinajstić information content (AvgIpc) is 3.09. The summed E-state index contributed by atoms with van der Waals surface area (Å²) in [4.78, 5) is 66.2. The van der Waals surface area contributed by atoms with Crippen LogP contribution in [0.15, 0.2) is 66.7 Å². The van der Waals surface area contributed by atoms with Crippen LogP contribution in [0.25, 0.3) is 0 Å². The van der Waals surface area contributed by atoms with Gasteiger partial charge in [-0.15, -0.1) is 0 Å². The lowest BCUT2D eigenvalue weighted by Gasteiger charge is -2.28. The maximum atomic E-state index is 13.8. The Labute approximate surface area is 319 Å². The molecular weight excluding hydrogens is 687 g/mol. The highest BCUT2D eigenvalue weighted by atomic mass is 19.1. The molecule has 3 aromatic carbocycles. The van der Waals surface area contributed by atoms with E-state index in [1.807, 2.05) is 45.0 Å². The van der Waals surface area contributed by atoms with Crippen molar-refractivity contribution in [2.24, 2.45) is 16.7 Å². The van der Waals surface area contributed by atoms with Crippen LogP contribution in [-0.4, -0.2) is 73.0 Å². The molecule has 0 unspecified atom stereocenters. The van der Waals surface area contributed by atoms with E-state index in [9.17, 15) is 28.4 Å². The van der Waals surface area contributed by atoms with E-state index in [0.717, 1.165) is 17.7 Å². The summed E-state index contributed by atoms with van der Waals surface area (Å²) in [6, 6.07) is 18.4. The summed E-state index contributed by atoms with van der Waals surface area (Å²) < 4.78 is 19.6. The molecule has 0 aliphatic rings. The molecule has 1 atom stereocenters. The first kappa shape index (κ1) is 43.3. The number of hydrogen-bond donors (Lipinski definition) is 2. The van der Waals surface area contributed by atoms with E-state index in [1.54, 1.807) is 48.2 Å². The van der Waals surface area contributed by atoms with Crippen LogP contribution in [0.5, 0.6) is 5.75 Å². The van der Waals surface area contributed by atoms with Gasteiger partial charge >= 0.3 is 0 Å². The third-order valence-electron chi connectivity index (χ3n) is 9.11. The van der Waals surface area contributed by atoms with Crippen LogP contribution in [-0.2, 0) is 27.3 Å². The molecule has 0 radical (unpaired) electrons. The van der Waals surface area contributed by atoms with Gasteiger partial charge in [-0.05, 0) is 90.3 Å². The second-order valence-electron chi connectivity index (χ2n) is 16.2. The summed E-state index contributed by atoms with van der Waals surface area (Å²) in [6.45, 7) is 14.7. The number of benzene rings is 3. The summed E-state index contributed by atoms with van der Waals surface area (Å²) in [7, 11) is 3.47. The van der Waals surface area contributed by atoms with Crippen molar-refractivity contribution >= 4 is 35.1 Å². The van der Waals surface area contributed by atoms with Gasteiger partial charge in [0.2, 0.25) is 17.7 Å². The van der Waals surface area contributed by atoms with E-state index >= 15 is 0 Å². The fourth-order valence-corrected chi connectivity index (χ4v) is 5.97. The molecule has 0 spiro atoms. The topological polar surface area (TPSA) is 125 Å². The van der Waals surface area contributed by atoms with Gasteiger partial charge in [0.1, 0.15) is 18.2 Å². The Hall–Kier alpha value is -5.06. The Kier molecular flexibility index (Phi) is 15.5. The number of hydrogen-bond acceptors (Lipinski definition) is 6. The molecule has 0 fully saturated rings. The van der Waals surface area contributed by atoms with E-state index in [1.165, 1.54) is 25.1 Å². The van der Waals surface area contributed by atoms with Crippen molar-refractivity contribution in [3.63, 3.8) is 0 Å². The van der Waals surface area contributed by atoms with E-state index in [4.69, 9.17) is 4.74 Å². The number of nitrogens with one attached hydrogen (secondary N) is 2. The smallest absolute Gasteiger partial charge is 0.251 e. The zero-order valence-corrected chi connectivity index (χ0v) is 33.3. The van der Waals surface area contributed by atoms with Gasteiger partial charge in [0.25, 0.3) is 5.91 Å². The molecule has 11 heteroatoms. The minimum Gasteiger partial charge on any atom is -0.492 e. The second-order valence-corrected chi connectivity index (χ2v) is 16.2. The largest absolute Gasteiger partial charge is 0.492 e. The van der Waals surface area contributed by atoms with E-state index in [2.05, 4.69) is 31.4 Å². The summed E-state index contributed by atoms with van der Waals surface area (Å²) >= 11 is 0. The number of halogens is 1. The molecule has 3 rings (SSSR count). The molecule has 10 nitrogen and oxygen atoms in total. The van der Waals surface area contributed by atoms with Gasteiger partial charge in [-0.3, -0.25) is 24.0 Å². The van der Waals surface area contributed by atoms with E-state index < -0.39 is 11.2 Å². The van der Waals surface area contributed by atoms with Crippen molar-refractivity contribution < 1.29 is 33.1 Å². The van der Waals surface area contributed by atoms with Crippen LogP contribution in [0.1, 0.15) is 99.6 Å². The van der Waals surface area contributed by atoms with Crippen LogP contribution in [0.2, 0.25) is 0 Å². The number of Topliss-reactive ketones (excluding diaryl/α,β-unsaturated/α-hetero) is 1. The van der Waals surface area contributed by atoms with Crippen molar-refractivity contribution in [3.05, 3.63) is 94.8 Å². The Bertz CT molecular complexity index is 1770. The first-order valence-electron chi connectivity index (χ1n) is 18.4. The fourth-order valence-electron chi connectivity index (χ4n) is 5.97. The maximum Gasteiger partial charge on any atom is 0.251 e. The van der Waals surface area contributed by atoms with Gasteiger partial charge < -0.3 is 25.2 Å². The molecule has 2 N–H and O–H groups in total. The van der Waals surface area contributed by atoms with Gasteiger partial charge in [-0.2, -0.15) is 0 Å². The molecule has 0 aliphatic heterocycles. The highest BCUT2D eigenvalue weighted by Crippen LogP contribution is 2.27. The Morgan fingerprint density at radius 3 is 1.94 bits per heavy atom. The van der Waals surface area contributed by atoms with Crippen LogP contribution < -0.4 is 15.4 Å². The van der Waals surface area contributed by atoms with Crippen LogP contribution in [0, 0.1) is 22.6 Å². The van der Waals surface area contributed by atoms with Gasteiger partial charge in [-0.25, -0.2) is 4.39 Å². The zero-order valence-electron chi connectivity index (χ0n) is 33.3. The molecule has 292 valence electrons. The molecule has 3 aromatic rings. The predicted octanol–water partition coefficient (Wildman–Crippen LogP) is 7.31. The second kappa shape index (κ2) is 19.3. The van der Waals surface area contributed by atoms with Crippen LogP contribution >= 0.6 is 0 Å². The van der Waals surface area contributed by atoms with Crippen LogP contribution in [0.4, 0.5) is 10.1 Å². The number of carbonyl (C=O) groups excluding carboxylic acids is 5.